The zero-order valence-corrected chi connectivity index (χ0v) is 7.15. The van der Waals surface area contributed by atoms with Crippen LogP contribution in [0.3, 0.4) is 0 Å². The summed E-state index contributed by atoms with van der Waals surface area (Å²) in [5, 5.41) is 0. The molecule has 5 heteroatoms. The molecule has 0 saturated carbocycles. The fourth-order valence-corrected chi connectivity index (χ4v) is 0.609. The van der Waals surface area contributed by atoms with Crippen LogP contribution in [0.25, 0.3) is 0 Å². The van der Waals surface area contributed by atoms with E-state index in [0.29, 0.717) is 0 Å². The number of nitrogens with two attached hydrogens (primary N) is 1. The highest BCUT2D eigenvalue weighted by molar-refractivity contribution is 5.75. The first kappa shape index (κ1) is 10.9. The van der Waals surface area contributed by atoms with Crippen LogP contribution in [0, 0.1) is 5.92 Å². The molecule has 0 spiro atoms. The second kappa shape index (κ2) is 5.54. The van der Waals surface area contributed by atoms with Gasteiger partial charge in [-0.1, -0.05) is 20.3 Å². The van der Waals surface area contributed by atoms with Gasteiger partial charge in [-0.2, -0.15) is 0 Å². The molecule has 2 atom stereocenters. The summed E-state index contributed by atoms with van der Waals surface area (Å²) in [6, 6.07) is -0.741. The highest BCUT2D eigenvalue weighted by atomic mass is 17.2. The number of hydrogen-bond donors (Lipinski definition) is 1. The summed E-state index contributed by atoms with van der Waals surface area (Å²) in [4.78, 5) is 28.3. The lowest BCUT2D eigenvalue weighted by molar-refractivity contribution is -0.249. The van der Waals surface area contributed by atoms with Crippen LogP contribution in [0.15, 0.2) is 0 Å². The maximum Gasteiger partial charge on any atom is 0.372 e. The van der Waals surface area contributed by atoms with Crippen LogP contribution in [0.4, 0.5) is 0 Å². The third-order valence-corrected chi connectivity index (χ3v) is 1.70. The minimum Gasteiger partial charge on any atom is -0.318 e. The molecule has 0 amide bonds. The van der Waals surface area contributed by atoms with Crippen molar-refractivity contribution in [1.29, 1.82) is 0 Å². The van der Waals surface area contributed by atoms with Gasteiger partial charge in [-0.05, 0) is 5.92 Å². The van der Waals surface area contributed by atoms with E-state index in [1.165, 1.54) is 0 Å². The molecule has 0 rings (SSSR count). The molecule has 0 aliphatic carbocycles. The summed E-state index contributed by atoms with van der Waals surface area (Å²) >= 11 is 0. The Balaban J connectivity index is 3.83. The second-order valence-corrected chi connectivity index (χ2v) is 2.51. The Morgan fingerprint density at radius 2 is 2.25 bits per heavy atom. The highest BCUT2D eigenvalue weighted by Crippen LogP contribution is 2.06. The van der Waals surface area contributed by atoms with Crippen molar-refractivity contribution in [3.05, 3.63) is 0 Å². The van der Waals surface area contributed by atoms with Crippen molar-refractivity contribution in [2.45, 2.75) is 26.3 Å². The van der Waals surface area contributed by atoms with Gasteiger partial charge in [-0.3, -0.25) is 9.68 Å². The number of carbonyl (C=O) groups is 2. The molecule has 0 bridgehead atoms. The van der Waals surface area contributed by atoms with Gasteiger partial charge in [0, 0.05) is 0 Å². The topological polar surface area (TPSA) is 78.6 Å². The largest absolute Gasteiger partial charge is 0.372 e. The Bertz CT molecular complexity index is 159. The predicted molar refractivity (Wildman–Crippen MR) is 40.7 cm³/mol. The van der Waals surface area contributed by atoms with Crippen LogP contribution >= 0.6 is 0 Å². The number of rotatable bonds is 5. The molecule has 2 N–H and O–H groups in total. The second-order valence-electron chi connectivity index (χ2n) is 2.51. The lowest BCUT2D eigenvalue weighted by Gasteiger charge is -2.14. The Kier molecular flexibility index (Phi) is 5.03. The molecule has 0 aliphatic heterocycles. The Morgan fingerprint density at radius 1 is 1.67 bits per heavy atom. The van der Waals surface area contributed by atoms with Gasteiger partial charge in [0.15, 0.2) is 0 Å². The first-order chi connectivity index (χ1) is 5.63. The van der Waals surface area contributed by atoms with Gasteiger partial charge in [0.2, 0.25) is 0 Å². The normalized spacial score (nSPS) is 14.6. The smallest absolute Gasteiger partial charge is 0.318 e. The summed E-state index contributed by atoms with van der Waals surface area (Å²) in [5.41, 5.74) is 5.44. The Hall–Kier alpha value is -1.10. The van der Waals surface area contributed by atoms with Gasteiger partial charge in [-0.15, -0.1) is 0 Å². The predicted octanol–water partition coefficient (Wildman–Crippen LogP) is -0.00900. The standard InChI is InChI=1S/C7H13NO4/c1-3-5(2)6(8)7(10)12-11-4-9/h4-6H,3,8H2,1-2H3. The van der Waals surface area contributed by atoms with E-state index in [-0.39, 0.29) is 12.4 Å². The molecule has 0 aliphatic rings. The molecule has 0 heterocycles. The van der Waals surface area contributed by atoms with E-state index in [9.17, 15) is 9.59 Å². The molecule has 0 aromatic heterocycles. The Morgan fingerprint density at radius 3 is 2.67 bits per heavy atom. The molecular formula is C7H13NO4. The van der Waals surface area contributed by atoms with Crippen LogP contribution in [-0.2, 0) is 19.4 Å². The Labute approximate surface area is 70.7 Å². The monoisotopic (exact) mass is 175 g/mol. The van der Waals surface area contributed by atoms with Gasteiger partial charge in [-0.25, -0.2) is 9.68 Å². The molecule has 0 saturated heterocycles. The van der Waals surface area contributed by atoms with Gasteiger partial charge in [0.1, 0.15) is 6.04 Å². The maximum atomic E-state index is 10.9. The van der Waals surface area contributed by atoms with E-state index < -0.39 is 12.0 Å². The summed E-state index contributed by atoms with van der Waals surface area (Å²) in [6.07, 6.45) is 0.761. The minimum absolute atomic E-state index is 0.00718. The van der Waals surface area contributed by atoms with Crippen molar-refractivity contribution in [1.82, 2.24) is 0 Å². The van der Waals surface area contributed by atoms with Crippen LogP contribution in [0.2, 0.25) is 0 Å². The van der Waals surface area contributed by atoms with Crippen molar-refractivity contribution >= 4 is 12.4 Å². The molecule has 0 aromatic carbocycles. The lowest BCUT2D eigenvalue weighted by Crippen LogP contribution is -2.37. The zero-order valence-electron chi connectivity index (χ0n) is 7.15. The fourth-order valence-electron chi connectivity index (χ4n) is 0.609. The first-order valence-corrected chi connectivity index (χ1v) is 3.69. The van der Waals surface area contributed by atoms with Gasteiger partial charge >= 0.3 is 12.4 Å². The van der Waals surface area contributed by atoms with Gasteiger partial charge in [0.25, 0.3) is 0 Å². The first-order valence-electron chi connectivity index (χ1n) is 3.69. The average Bonchev–Trinajstić information content (AvgIpc) is 2.11. The van der Waals surface area contributed by atoms with E-state index in [4.69, 9.17) is 5.73 Å². The van der Waals surface area contributed by atoms with Crippen molar-refractivity contribution in [2.24, 2.45) is 11.7 Å². The van der Waals surface area contributed by atoms with Crippen molar-refractivity contribution < 1.29 is 19.4 Å². The van der Waals surface area contributed by atoms with Gasteiger partial charge < -0.3 is 5.73 Å². The van der Waals surface area contributed by atoms with Crippen molar-refractivity contribution in [2.75, 3.05) is 0 Å². The molecule has 12 heavy (non-hydrogen) atoms. The third-order valence-electron chi connectivity index (χ3n) is 1.70. The summed E-state index contributed by atoms with van der Waals surface area (Å²) < 4.78 is 0. The van der Waals surface area contributed by atoms with Gasteiger partial charge in [0.05, 0.1) is 0 Å². The van der Waals surface area contributed by atoms with E-state index in [2.05, 4.69) is 9.78 Å². The van der Waals surface area contributed by atoms with Crippen LogP contribution in [0.5, 0.6) is 0 Å². The number of carbonyl (C=O) groups excluding carboxylic acids is 2. The number of hydrogen-bond acceptors (Lipinski definition) is 5. The van der Waals surface area contributed by atoms with E-state index in [0.717, 1.165) is 6.42 Å². The van der Waals surface area contributed by atoms with Crippen LogP contribution in [-0.4, -0.2) is 18.5 Å². The third kappa shape index (κ3) is 3.34. The molecule has 70 valence electrons. The lowest BCUT2D eigenvalue weighted by atomic mass is 10.0. The zero-order chi connectivity index (χ0) is 9.56. The van der Waals surface area contributed by atoms with Crippen LogP contribution < -0.4 is 5.73 Å². The molecular weight excluding hydrogens is 162 g/mol. The van der Waals surface area contributed by atoms with E-state index >= 15 is 0 Å². The molecule has 5 nitrogen and oxygen atoms in total. The molecule has 0 radical (unpaired) electrons. The van der Waals surface area contributed by atoms with Crippen molar-refractivity contribution in [3.8, 4) is 0 Å². The fraction of sp³-hybridized carbons (Fsp3) is 0.714. The molecule has 2 unspecified atom stereocenters. The molecule has 0 aromatic rings. The molecule has 0 fully saturated rings. The maximum absolute atomic E-state index is 10.9. The quantitative estimate of drug-likeness (QED) is 0.361. The summed E-state index contributed by atoms with van der Waals surface area (Å²) in [5.74, 6) is -0.718. The summed E-state index contributed by atoms with van der Waals surface area (Å²) in [6.45, 7) is 3.74. The minimum atomic E-state index is -0.741. The average molecular weight is 175 g/mol. The SMILES string of the molecule is CCC(C)C(N)C(=O)OOC=O. The summed E-state index contributed by atoms with van der Waals surface area (Å²) in [7, 11) is 0. The van der Waals surface area contributed by atoms with Crippen molar-refractivity contribution in [3.63, 3.8) is 0 Å². The van der Waals surface area contributed by atoms with Crippen LogP contribution in [0.1, 0.15) is 20.3 Å². The van der Waals surface area contributed by atoms with E-state index in [1.54, 1.807) is 0 Å². The highest BCUT2D eigenvalue weighted by Gasteiger charge is 2.22. The van der Waals surface area contributed by atoms with E-state index in [1.807, 2.05) is 13.8 Å².